The molecule has 0 spiro atoms. The number of pyridine rings is 1. The maximum atomic E-state index is 12.9. The molecule has 156 valence electrons. The summed E-state index contributed by atoms with van der Waals surface area (Å²) in [5, 5.41) is 0. The maximum Gasteiger partial charge on any atom is 0.336 e. The van der Waals surface area contributed by atoms with Gasteiger partial charge in [-0.1, -0.05) is 30.3 Å². The van der Waals surface area contributed by atoms with Crippen molar-refractivity contribution in [3.05, 3.63) is 65.6 Å². The zero-order valence-corrected chi connectivity index (χ0v) is 17.7. The molecule has 2 heterocycles. The molecule has 0 radical (unpaired) electrons. The Morgan fingerprint density at radius 2 is 1.73 bits per heavy atom. The van der Waals surface area contributed by atoms with E-state index in [0.717, 1.165) is 16.7 Å². The third-order valence-electron chi connectivity index (χ3n) is 5.10. The van der Waals surface area contributed by atoms with Crippen molar-refractivity contribution in [3.63, 3.8) is 0 Å². The molecule has 1 aliphatic rings. The summed E-state index contributed by atoms with van der Waals surface area (Å²) in [5.41, 5.74) is 4.30. The average Bonchev–Trinajstić information content (AvgIpc) is 2.74. The average molecular weight is 406 g/mol. The van der Waals surface area contributed by atoms with E-state index in [1.807, 2.05) is 36.4 Å². The summed E-state index contributed by atoms with van der Waals surface area (Å²) in [4.78, 5) is 34.4. The van der Waals surface area contributed by atoms with Crippen molar-refractivity contribution in [2.45, 2.75) is 33.6 Å². The van der Waals surface area contributed by atoms with Crippen LogP contribution in [0.3, 0.4) is 0 Å². The summed E-state index contributed by atoms with van der Waals surface area (Å²) >= 11 is 0. The Morgan fingerprint density at radius 1 is 1.00 bits per heavy atom. The molecule has 2 unspecified atom stereocenters. The molecule has 0 N–H and O–H groups in total. The lowest BCUT2D eigenvalue weighted by Gasteiger charge is -2.31. The van der Waals surface area contributed by atoms with Gasteiger partial charge in [0.15, 0.2) is 0 Å². The largest absolute Gasteiger partial charge is 0.465 e. The minimum Gasteiger partial charge on any atom is -0.465 e. The van der Waals surface area contributed by atoms with E-state index in [9.17, 15) is 9.59 Å². The van der Waals surface area contributed by atoms with Gasteiger partial charge in [-0.25, -0.2) is 4.79 Å². The number of aromatic nitrogens is 1. The van der Waals surface area contributed by atoms with Gasteiger partial charge in [0.25, 0.3) is 0 Å². The van der Waals surface area contributed by atoms with Crippen molar-refractivity contribution in [1.82, 2.24) is 4.98 Å². The van der Waals surface area contributed by atoms with E-state index >= 15 is 0 Å². The highest BCUT2D eigenvalue weighted by Crippen LogP contribution is 2.41. The summed E-state index contributed by atoms with van der Waals surface area (Å²) in [6.07, 6.45) is 3.50. The van der Waals surface area contributed by atoms with Crippen LogP contribution in [-0.2, 0) is 19.1 Å². The highest BCUT2D eigenvalue weighted by Gasteiger charge is 2.42. The van der Waals surface area contributed by atoms with Crippen molar-refractivity contribution >= 4 is 17.7 Å². The van der Waals surface area contributed by atoms with Gasteiger partial charge in [0.1, 0.15) is 5.92 Å². The van der Waals surface area contributed by atoms with Gasteiger partial charge < -0.3 is 9.47 Å². The zero-order valence-electron chi connectivity index (χ0n) is 17.7. The van der Waals surface area contributed by atoms with Gasteiger partial charge in [-0.2, -0.15) is 0 Å². The second kappa shape index (κ2) is 9.48. The summed E-state index contributed by atoms with van der Waals surface area (Å²) in [6.45, 7) is 7.58. The molecule has 0 amide bonds. The molecular formula is C24H26N2O4. The summed E-state index contributed by atoms with van der Waals surface area (Å²) < 4.78 is 10.7. The number of carbonyl (C=O) groups is 2. The van der Waals surface area contributed by atoms with E-state index in [1.54, 1.807) is 40.1 Å². The lowest BCUT2D eigenvalue weighted by molar-refractivity contribution is -0.146. The van der Waals surface area contributed by atoms with E-state index in [0.29, 0.717) is 17.0 Å². The van der Waals surface area contributed by atoms with Crippen LogP contribution in [0, 0.1) is 5.92 Å². The number of benzene rings is 1. The normalized spacial score (nSPS) is 18.6. The molecule has 0 saturated carbocycles. The second-order valence-corrected chi connectivity index (χ2v) is 7.05. The molecule has 2 aromatic rings. The third kappa shape index (κ3) is 4.32. The fraction of sp³-hybridized carbons (Fsp3) is 0.333. The van der Waals surface area contributed by atoms with Crippen LogP contribution in [0.4, 0.5) is 0 Å². The number of hydrogen-bond donors (Lipinski definition) is 0. The van der Waals surface area contributed by atoms with Crippen LogP contribution in [0.5, 0.6) is 0 Å². The number of ether oxygens (including phenoxy) is 2. The van der Waals surface area contributed by atoms with Crippen LogP contribution in [0.2, 0.25) is 0 Å². The molecule has 0 bridgehead atoms. The molecule has 2 atom stereocenters. The number of esters is 2. The first-order valence-corrected chi connectivity index (χ1v) is 10.1. The molecule has 0 fully saturated rings. The van der Waals surface area contributed by atoms with E-state index in [-0.39, 0.29) is 13.2 Å². The summed E-state index contributed by atoms with van der Waals surface area (Å²) in [7, 11) is 0. The van der Waals surface area contributed by atoms with Crippen LogP contribution in [-0.4, -0.2) is 35.8 Å². The van der Waals surface area contributed by atoms with Crippen molar-refractivity contribution in [3.8, 4) is 11.1 Å². The minimum atomic E-state index is -0.697. The Labute approximate surface area is 176 Å². The minimum absolute atomic E-state index is 0.241. The van der Waals surface area contributed by atoms with Gasteiger partial charge in [-0.05, 0) is 50.5 Å². The fourth-order valence-corrected chi connectivity index (χ4v) is 3.85. The van der Waals surface area contributed by atoms with Crippen LogP contribution in [0.25, 0.3) is 11.1 Å². The Balaban J connectivity index is 2.16. The van der Waals surface area contributed by atoms with Gasteiger partial charge in [-0.3, -0.25) is 14.8 Å². The molecule has 1 aromatic carbocycles. The molecule has 0 saturated heterocycles. The van der Waals surface area contributed by atoms with Crippen molar-refractivity contribution in [2.75, 3.05) is 13.2 Å². The van der Waals surface area contributed by atoms with E-state index in [4.69, 9.17) is 9.47 Å². The Kier molecular flexibility index (Phi) is 6.77. The Hall–Kier alpha value is -3.28. The number of hydrogen-bond acceptors (Lipinski definition) is 6. The molecular weight excluding hydrogens is 380 g/mol. The number of nitrogens with zero attached hydrogens (tertiary/aromatic N) is 2. The lowest BCUT2D eigenvalue weighted by Crippen LogP contribution is -2.36. The SMILES string of the molecule is CCOC(=O)C1=C(C)N=C(C)C(C(=O)OCC)C1c1cccc(-c2cccnc2)c1. The number of allylic oxidation sites excluding steroid dienone is 1. The zero-order chi connectivity index (χ0) is 21.7. The first-order chi connectivity index (χ1) is 14.5. The van der Waals surface area contributed by atoms with Gasteiger partial charge in [-0.15, -0.1) is 0 Å². The van der Waals surface area contributed by atoms with Gasteiger partial charge in [0.05, 0.1) is 18.8 Å². The first-order valence-electron chi connectivity index (χ1n) is 10.1. The summed E-state index contributed by atoms with van der Waals surface area (Å²) in [6, 6.07) is 11.6. The van der Waals surface area contributed by atoms with Crippen LogP contribution >= 0.6 is 0 Å². The standard InChI is InChI=1S/C24H26N2O4/c1-5-29-23(27)20-15(3)26-16(4)21(24(28)30-6-2)22(20)18-10-7-9-17(13-18)19-11-8-12-25-14-19/h7-14,20,22H,5-6H2,1-4H3. The fourth-order valence-electron chi connectivity index (χ4n) is 3.85. The number of carbonyl (C=O) groups excluding carboxylic acids is 2. The quantitative estimate of drug-likeness (QED) is 0.668. The molecule has 6 nitrogen and oxygen atoms in total. The van der Waals surface area contributed by atoms with Gasteiger partial charge in [0.2, 0.25) is 0 Å². The van der Waals surface area contributed by atoms with Crippen LogP contribution in [0.1, 0.15) is 39.2 Å². The Bertz CT molecular complexity index is 995. The first kappa shape index (κ1) is 21.4. The van der Waals surface area contributed by atoms with Crippen molar-refractivity contribution in [1.29, 1.82) is 0 Å². The highest BCUT2D eigenvalue weighted by molar-refractivity contribution is 6.07. The predicted molar refractivity (Wildman–Crippen MR) is 115 cm³/mol. The third-order valence-corrected chi connectivity index (χ3v) is 5.10. The lowest BCUT2D eigenvalue weighted by atomic mass is 9.75. The number of rotatable bonds is 6. The monoisotopic (exact) mass is 406 g/mol. The molecule has 1 aromatic heterocycles. The smallest absolute Gasteiger partial charge is 0.336 e. The Morgan fingerprint density at radius 3 is 2.40 bits per heavy atom. The second-order valence-electron chi connectivity index (χ2n) is 7.05. The maximum absolute atomic E-state index is 12.9. The van der Waals surface area contributed by atoms with Crippen molar-refractivity contribution < 1.29 is 19.1 Å². The van der Waals surface area contributed by atoms with Crippen molar-refractivity contribution in [2.24, 2.45) is 10.9 Å². The van der Waals surface area contributed by atoms with Gasteiger partial charge in [0, 0.05) is 29.7 Å². The molecule has 3 rings (SSSR count). The van der Waals surface area contributed by atoms with Crippen LogP contribution in [0.15, 0.2) is 65.1 Å². The molecule has 1 aliphatic heterocycles. The molecule has 0 aliphatic carbocycles. The molecule has 6 heteroatoms. The highest BCUT2D eigenvalue weighted by atomic mass is 16.5. The molecule has 30 heavy (non-hydrogen) atoms. The van der Waals surface area contributed by atoms with E-state index in [2.05, 4.69) is 9.98 Å². The van der Waals surface area contributed by atoms with E-state index in [1.165, 1.54) is 0 Å². The van der Waals surface area contributed by atoms with Crippen LogP contribution < -0.4 is 0 Å². The number of aliphatic imine (C=N–C) groups is 1. The van der Waals surface area contributed by atoms with E-state index < -0.39 is 23.8 Å². The summed E-state index contributed by atoms with van der Waals surface area (Å²) in [5.74, 6) is -2.10. The van der Waals surface area contributed by atoms with Gasteiger partial charge >= 0.3 is 11.9 Å². The topological polar surface area (TPSA) is 77.8 Å². The predicted octanol–water partition coefficient (Wildman–Crippen LogP) is 4.32.